The number of hydrogen-bond acceptors (Lipinski definition) is 2. The van der Waals surface area contributed by atoms with Gasteiger partial charge in [-0.1, -0.05) is 13.3 Å². The first kappa shape index (κ1) is 8.81. The van der Waals surface area contributed by atoms with Crippen LogP contribution < -0.4 is 5.73 Å². The topological polar surface area (TPSA) is 39.2 Å². The van der Waals surface area contributed by atoms with E-state index >= 15 is 0 Å². The highest BCUT2D eigenvalue weighted by Crippen LogP contribution is 2.21. The molecule has 1 aromatic rings. The summed E-state index contributed by atoms with van der Waals surface area (Å²) in [6.45, 7) is 2.11. The largest absolute Gasteiger partial charge is 0.453 e. The van der Waals surface area contributed by atoms with Crippen molar-refractivity contribution in [2.45, 2.75) is 25.8 Å². The van der Waals surface area contributed by atoms with E-state index in [1.165, 1.54) is 0 Å². The van der Waals surface area contributed by atoms with Crippen molar-refractivity contribution in [2.75, 3.05) is 0 Å². The van der Waals surface area contributed by atoms with E-state index in [-0.39, 0.29) is 6.04 Å². The molecule has 0 aliphatic carbocycles. The molecule has 0 aliphatic rings. The van der Waals surface area contributed by atoms with Crippen LogP contribution in [0.4, 0.5) is 0 Å². The molecular formula is C8H12BrNO. The van der Waals surface area contributed by atoms with Gasteiger partial charge in [0.25, 0.3) is 0 Å². The maximum absolute atomic E-state index is 5.80. The molecule has 0 fully saturated rings. The molecule has 0 saturated carbocycles. The molecule has 0 saturated heterocycles. The monoisotopic (exact) mass is 217 g/mol. The maximum atomic E-state index is 5.80. The summed E-state index contributed by atoms with van der Waals surface area (Å²) in [6, 6.07) is 3.82. The first-order chi connectivity index (χ1) is 5.24. The van der Waals surface area contributed by atoms with Gasteiger partial charge in [-0.25, -0.2) is 0 Å². The van der Waals surface area contributed by atoms with Crippen molar-refractivity contribution in [1.82, 2.24) is 0 Å². The van der Waals surface area contributed by atoms with Crippen LogP contribution in [0.2, 0.25) is 0 Å². The Hall–Kier alpha value is -0.280. The van der Waals surface area contributed by atoms with Crippen LogP contribution in [-0.2, 0) is 0 Å². The Balaban J connectivity index is 2.60. The molecule has 0 unspecified atom stereocenters. The lowest BCUT2D eigenvalue weighted by Gasteiger charge is -2.04. The molecule has 0 spiro atoms. The van der Waals surface area contributed by atoms with Crippen molar-refractivity contribution in [3.63, 3.8) is 0 Å². The predicted octanol–water partition coefficient (Wildman–Crippen LogP) is 2.84. The smallest absolute Gasteiger partial charge is 0.169 e. The quantitative estimate of drug-likeness (QED) is 0.847. The number of furan rings is 1. The number of hydrogen-bond donors (Lipinski definition) is 1. The Bertz CT molecular complexity index is 222. The molecule has 0 radical (unpaired) electrons. The molecule has 1 rings (SSSR count). The van der Waals surface area contributed by atoms with Crippen molar-refractivity contribution in [1.29, 1.82) is 0 Å². The summed E-state index contributed by atoms with van der Waals surface area (Å²) in [5.74, 6) is 0.860. The molecule has 1 heterocycles. The van der Waals surface area contributed by atoms with Gasteiger partial charge in [-0.3, -0.25) is 0 Å². The fraction of sp³-hybridized carbons (Fsp3) is 0.500. The average molecular weight is 218 g/mol. The second-order valence-electron chi connectivity index (χ2n) is 2.54. The van der Waals surface area contributed by atoms with Gasteiger partial charge in [0.1, 0.15) is 5.76 Å². The highest BCUT2D eigenvalue weighted by Gasteiger charge is 2.08. The molecule has 0 aliphatic heterocycles. The molecule has 0 amide bonds. The van der Waals surface area contributed by atoms with Crippen LogP contribution in [0.3, 0.4) is 0 Å². The van der Waals surface area contributed by atoms with Crippen LogP contribution >= 0.6 is 15.9 Å². The summed E-state index contributed by atoms with van der Waals surface area (Å²) < 4.78 is 6.04. The van der Waals surface area contributed by atoms with E-state index < -0.39 is 0 Å². The van der Waals surface area contributed by atoms with Crippen molar-refractivity contribution >= 4 is 15.9 Å². The molecule has 11 heavy (non-hydrogen) atoms. The third-order valence-corrected chi connectivity index (χ3v) is 1.99. The lowest BCUT2D eigenvalue weighted by atomic mass is 10.1. The molecule has 0 bridgehead atoms. The Morgan fingerprint density at radius 3 is 2.82 bits per heavy atom. The van der Waals surface area contributed by atoms with E-state index in [9.17, 15) is 0 Å². The third kappa shape index (κ3) is 2.34. The molecule has 1 aromatic heterocycles. The van der Waals surface area contributed by atoms with Crippen molar-refractivity contribution in [2.24, 2.45) is 5.73 Å². The molecule has 1 atom stereocenters. The highest BCUT2D eigenvalue weighted by molar-refractivity contribution is 9.10. The minimum Gasteiger partial charge on any atom is -0.453 e. The van der Waals surface area contributed by atoms with E-state index in [1.807, 2.05) is 12.1 Å². The van der Waals surface area contributed by atoms with Gasteiger partial charge in [0.15, 0.2) is 4.67 Å². The summed E-state index contributed by atoms with van der Waals surface area (Å²) in [4.78, 5) is 0. The maximum Gasteiger partial charge on any atom is 0.169 e. The molecule has 3 heteroatoms. The first-order valence-electron chi connectivity index (χ1n) is 3.75. The van der Waals surface area contributed by atoms with Crippen LogP contribution in [0.5, 0.6) is 0 Å². The zero-order valence-electron chi connectivity index (χ0n) is 6.51. The fourth-order valence-corrected chi connectivity index (χ4v) is 1.30. The molecule has 2 N–H and O–H groups in total. The number of nitrogens with two attached hydrogens (primary N) is 1. The lowest BCUT2D eigenvalue weighted by molar-refractivity contribution is 0.435. The minimum absolute atomic E-state index is 0.0475. The average Bonchev–Trinajstić information content (AvgIpc) is 2.36. The van der Waals surface area contributed by atoms with E-state index in [0.29, 0.717) is 0 Å². The standard InChI is InChI=1S/C8H12BrNO/c1-2-3-6(10)7-4-5-8(9)11-7/h4-6H,2-3,10H2,1H3/t6-/m0/s1. The van der Waals surface area contributed by atoms with Crippen LogP contribution in [0.1, 0.15) is 31.6 Å². The Morgan fingerprint density at radius 2 is 2.36 bits per heavy atom. The normalized spacial score (nSPS) is 13.4. The van der Waals surface area contributed by atoms with E-state index in [0.717, 1.165) is 23.3 Å². The van der Waals surface area contributed by atoms with E-state index in [4.69, 9.17) is 10.2 Å². The second-order valence-corrected chi connectivity index (χ2v) is 3.32. The summed E-state index contributed by atoms with van der Waals surface area (Å²) in [6.07, 6.45) is 2.05. The Kier molecular flexibility index (Phi) is 3.15. The van der Waals surface area contributed by atoms with Crippen LogP contribution in [0, 0.1) is 0 Å². The van der Waals surface area contributed by atoms with Crippen molar-refractivity contribution in [3.8, 4) is 0 Å². The zero-order valence-corrected chi connectivity index (χ0v) is 8.10. The van der Waals surface area contributed by atoms with Crippen LogP contribution in [-0.4, -0.2) is 0 Å². The van der Waals surface area contributed by atoms with Gasteiger partial charge in [-0.15, -0.1) is 0 Å². The van der Waals surface area contributed by atoms with Gasteiger partial charge < -0.3 is 10.2 Å². The van der Waals surface area contributed by atoms with Gasteiger partial charge >= 0.3 is 0 Å². The highest BCUT2D eigenvalue weighted by atomic mass is 79.9. The van der Waals surface area contributed by atoms with Crippen molar-refractivity contribution in [3.05, 3.63) is 22.6 Å². The second kappa shape index (κ2) is 3.93. The Morgan fingerprint density at radius 1 is 1.64 bits per heavy atom. The first-order valence-corrected chi connectivity index (χ1v) is 4.54. The fourth-order valence-electron chi connectivity index (χ4n) is 0.981. The molecule has 0 aromatic carbocycles. The molecular weight excluding hydrogens is 206 g/mol. The number of halogens is 1. The van der Waals surface area contributed by atoms with Gasteiger partial charge in [-0.2, -0.15) is 0 Å². The zero-order chi connectivity index (χ0) is 8.27. The Labute approximate surface area is 74.9 Å². The van der Waals surface area contributed by atoms with Gasteiger partial charge in [0, 0.05) is 0 Å². The van der Waals surface area contributed by atoms with Crippen LogP contribution in [0.15, 0.2) is 21.2 Å². The number of rotatable bonds is 3. The third-order valence-electron chi connectivity index (χ3n) is 1.56. The minimum atomic E-state index is 0.0475. The lowest BCUT2D eigenvalue weighted by Crippen LogP contribution is -2.08. The van der Waals surface area contributed by atoms with E-state index in [2.05, 4.69) is 22.9 Å². The van der Waals surface area contributed by atoms with E-state index in [1.54, 1.807) is 0 Å². The molecule has 2 nitrogen and oxygen atoms in total. The molecule has 62 valence electrons. The predicted molar refractivity (Wildman–Crippen MR) is 48.2 cm³/mol. The van der Waals surface area contributed by atoms with Crippen molar-refractivity contribution < 1.29 is 4.42 Å². The summed E-state index contributed by atoms with van der Waals surface area (Å²) in [7, 11) is 0. The summed E-state index contributed by atoms with van der Waals surface area (Å²) in [5.41, 5.74) is 5.80. The van der Waals surface area contributed by atoms with Gasteiger partial charge in [0.2, 0.25) is 0 Å². The van der Waals surface area contributed by atoms with Gasteiger partial charge in [0.05, 0.1) is 6.04 Å². The van der Waals surface area contributed by atoms with Gasteiger partial charge in [-0.05, 0) is 34.5 Å². The summed E-state index contributed by atoms with van der Waals surface area (Å²) in [5, 5.41) is 0. The SMILES string of the molecule is CCC[C@H](N)c1ccc(Br)o1. The van der Waals surface area contributed by atoms with Crippen LogP contribution in [0.25, 0.3) is 0 Å². The summed E-state index contributed by atoms with van der Waals surface area (Å²) >= 11 is 3.23.